The summed E-state index contributed by atoms with van der Waals surface area (Å²) in [6.07, 6.45) is 14.9. The second-order valence-corrected chi connectivity index (χ2v) is 9.02. The van der Waals surface area contributed by atoms with E-state index >= 15 is 0 Å². The molecule has 0 saturated heterocycles. The van der Waals surface area contributed by atoms with Crippen molar-refractivity contribution >= 4 is 11.4 Å². The second kappa shape index (κ2) is 8.69. The molecule has 0 atom stereocenters. The molecule has 1 amide bonds. The Morgan fingerprint density at radius 2 is 1.71 bits per heavy atom. The number of fused-ring (bicyclic) bond motifs is 3. The fraction of sp³-hybridized carbons (Fsp3) is 0.480. The van der Waals surface area contributed by atoms with Crippen LogP contribution in [-0.2, 0) is 19.4 Å². The molecule has 162 valence electrons. The highest BCUT2D eigenvalue weighted by Gasteiger charge is 2.20. The quantitative estimate of drug-likeness (QED) is 0.654. The number of nitrogens with zero attached hydrogens (tertiary/aromatic N) is 3. The zero-order chi connectivity index (χ0) is 21.2. The molecule has 0 spiro atoms. The number of rotatable bonds is 4. The van der Waals surface area contributed by atoms with E-state index in [1.54, 1.807) is 15.3 Å². The summed E-state index contributed by atoms with van der Waals surface area (Å²) in [5.74, 6) is 0.00271. The molecule has 1 fully saturated rings. The standard InChI is InChI=1S/C25H30N4O2/c30-24(26-20-7-3-1-2-4-8-20)19-13-11-18(12-14-19)17-28-15-16-29-23(25(28)31)21-9-5-6-10-22(21)27-29/h11-16,20H,1-10,17H2,(H,26,30). The van der Waals surface area contributed by atoms with Crippen LogP contribution in [0.1, 0.15) is 78.5 Å². The number of carbonyl (C=O) groups excluding carboxylic acids is 1. The predicted octanol–water partition coefficient (Wildman–Crippen LogP) is 3.88. The summed E-state index contributed by atoms with van der Waals surface area (Å²) < 4.78 is 3.49. The van der Waals surface area contributed by atoms with Crippen LogP contribution in [-0.4, -0.2) is 26.1 Å². The van der Waals surface area contributed by atoms with Crippen molar-refractivity contribution in [3.05, 3.63) is 69.4 Å². The van der Waals surface area contributed by atoms with Gasteiger partial charge in [-0.05, 0) is 56.2 Å². The topological polar surface area (TPSA) is 68.4 Å². The molecule has 2 aliphatic rings. The SMILES string of the molecule is O=C(NC1CCCCCC1)c1ccc(Cn2ccn3nc4c(c3c2=O)CCCC4)cc1. The van der Waals surface area contributed by atoms with Crippen molar-refractivity contribution in [2.75, 3.05) is 0 Å². The minimum Gasteiger partial charge on any atom is -0.349 e. The predicted molar refractivity (Wildman–Crippen MR) is 121 cm³/mol. The van der Waals surface area contributed by atoms with Crippen molar-refractivity contribution in [2.24, 2.45) is 0 Å². The van der Waals surface area contributed by atoms with Crippen LogP contribution in [0.2, 0.25) is 0 Å². The highest BCUT2D eigenvalue weighted by Crippen LogP contribution is 2.23. The minimum atomic E-state index is 0.00271. The normalized spacial score (nSPS) is 17.3. The van der Waals surface area contributed by atoms with E-state index in [9.17, 15) is 9.59 Å². The maximum Gasteiger partial charge on any atom is 0.277 e. The average molecular weight is 419 g/mol. The Balaban J connectivity index is 1.31. The van der Waals surface area contributed by atoms with Crippen LogP contribution in [0.3, 0.4) is 0 Å². The minimum absolute atomic E-state index is 0.00271. The molecule has 31 heavy (non-hydrogen) atoms. The Kier molecular flexibility index (Phi) is 5.62. The number of aromatic nitrogens is 3. The molecule has 0 radical (unpaired) electrons. The van der Waals surface area contributed by atoms with Crippen molar-refractivity contribution < 1.29 is 4.79 Å². The number of aryl methyl sites for hydroxylation is 2. The molecule has 2 aromatic heterocycles. The maximum absolute atomic E-state index is 13.1. The van der Waals surface area contributed by atoms with Gasteiger partial charge in [-0.1, -0.05) is 37.8 Å². The lowest BCUT2D eigenvalue weighted by Gasteiger charge is -2.16. The van der Waals surface area contributed by atoms with Gasteiger partial charge in [-0.25, -0.2) is 4.52 Å². The molecular formula is C25H30N4O2. The molecule has 5 rings (SSSR count). The van der Waals surface area contributed by atoms with Crippen LogP contribution in [0.4, 0.5) is 0 Å². The molecule has 2 heterocycles. The smallest absolute Gasteiger partial charge is 0.277 e. The Morgan fingerprint density at radius 3 is 2.48 bits per heavy atom. The van der Waals surface area contributed by atoms with Crippen LogP contribution in [0.5, 0.6) is 0 Å². The molecule has 0 aliphatic heterocycles. The number of benzene rings is 1. The zero-order valence-electron chi connectivity index (χ0n) is 18.0. The van der Waals surface area contributed by atoms with Gasteiger partial charge in [0.05, 0.1) is 12.2 Å². The van der Waals surface area contributed by atoms with Crippen molar-refractivity contribution in [3.63, 3.8) is 0 Å². The van der Waals surface area contributed by atoms with Crippen LogP contribution >= 0.6 is 0 Å². The Morgan fingerprint density at radius 1 is 0.968 bits per heavy atom. The van der Waals surface area contributed by atoms with Gasteiger partial charge in [0.15, 0.2) is 0 Å². The summed E-state index contributed by atoms with van der Waals surface area (Å²) in [5, 5.41) is 7.80. The monoisotopic (exact) mass is 418 g/mol. The summed E-state index contributed by atoms with van der Waals surface area (Å²) in [4.78, 5) is 25.8. The highest BCUT2D eigenvalue weighted by atomic mass is 16.1. The van der Waals surface area contributed by atoms with Gasteiger partial charge in [0.1, 0.15) is 5.52 Å². The number of carbonyl (C=O) groups is 1. The van der Waals surface area contributed by atoms with Gasteiger partial charge in [0.25, 0.3) is 11.5 Å². The van der Waals surface area contributed by atoms with E-state index in [2.05, 4.69) is 10.4 Å². The van der Waals surface area contributed by atoms with Crippen LogP contribution in [0.15, 0.2) is 41.5 Å². The summed E-state index contributed by atoms with van der Waals surface area (Å²) in [5.41, 5.74) is 4.61. The Labute approximate surface area is 182 Å². The fourth-order valence-corrected chi connectivity index (χ4v) is 5.03. The maximum atomic E-state index is 13.1. The Bertz CT molecular complexity index is 1130. The third-order valence-electron chi connectivity index (χ3n) is 6.79. The van der Waals surface area contributed by atoms with E-state index < -0.39 is 0 Å². The average Bonchev–Trinajstić information content (AvgIpc) is 2.98. The number of hydrogen-bond donors (Lipinski definition) is 1. The molecule has 2 aliphatic carbocycles. The first-order valence-corrected chi connectivity index (χ1v) is 11.7. The summed E-state index contributed by atoms with van der Waals surface area (Å²) in [6, 6.07) is 7.92. The summed E-state index contributed by atoms with van der Waals surface area (Å²) in [6.45, 7) is 0.486. The summed E-state index contributed by atoms with van der Waals surface area (Å²) >= 11 is 0. The lowest BCUT2D eigenvalue weighted by Crippen LogP contribution is -2.34. The van der Waals surface area contributed by atoms with Crippen molar-refractivity contribution in [2.45, 2.75) is 76.8 Å². The van der Waals surface area contributed by atoms with Crippen molar-refractivity contribution in [1.82, 2.24) is 19.5 Å². The summed E-state index contributed by atoms with van der Waals surface area (Å²) in [7, 11) is 0. The lowest BCUT2D eigenvalue weighted by molar-refractivity contribution is 0.0933. The first kappa shape index (κ1) is 20.0. The van der Waals surface area contributed by atoms with Gasteiger partial charge in [-0.2, -0.15) is 5.10 Å². The van der Waals surface area contributed by atoms with E-state index in [4.69, 9.17) is 0 Å². The van der Waals surface area contributed by atoms with E-state index in [0.717, 1.165) is 60.9 Å². The zero-order valence-corrected chi connectivity index (χ0v) is 18.0. The molecule has 6 heteroatoms. The van der Waals surface area contributed by atoms with E-state index in [1.165, 1.54) is 25.7 Å². The lowest BCUT2D eigenvalue weighted by atomic mass is 9.97. The number of nitrogens with one attached hydrogen (secondary N) is 1. The first-order valence-electron chi connectivity index (χ1n) is 11.7. The van der Waals surface area contributed by atoms with Crippen LogP contribution in [0, 0.1) is 0 Å². The van der Waals surface area contributed by atoms with Crippen LogP contribution < -0.4 is 10.9 Å². The second-order valence-electron chi connectivity index (χ2n) is 9.02. The van der Waals surface area contributed by atoms with Gasteiger partial charge in [-0.15, -0.1) is 0 Å². The van der Waals surface area contributed by atoms with Gasteiger partial charge in [0.2, 0.25) is 0 Å². The third kappa shape index (κ3) is 4.16. The molecule has 3 aromatic rings. The molecular weight excluding hydrogens is 388 g/mol. The van der Waals surface area contributed by atoms with E-state index in [0.29, 0.717) is 18.2 Å². The van der Waals surface area contributed by atoms with Gasteiger partial charge in [-0.3, -0.25) is 9.59 Å². The molecule has 6 nitrogen and oxygen atoms in total. The molecule has 1 saturated carbocycles. The Hall–Kier alpha value is -2.89. The molecule has 0 unspecified atom stereocenters. The molecule has 0 bridgehead atoms. The van der Waals surface area contributed by atoms with Crippen LogP contribution in [0.25, 0.3) is 5.52 Å². The van der Waals surface area contributed by atoms with Gasteiger partial charge < -0.3 is 9.88 Å². The number of amides is 1. The van der Waals surface area contributed by atoms with E-state index in [1.807, 2.05) is 30.5 Å². The van der Waals surface area contributed by atoms with Crippen molar-refractivity contribution in [3.8, 4) is 0 Å². The fourth-order valence-electron chi connectivity index (χ4n) is 5.03. The first-order chi connectivity index (χ1) is 15.2. The van der Waals surface area contributed by atoms with Gasteiger partial charge in [0, 0.05) is 29.6 Å². The van der Waals surface area contributed by atoms with E-state index in [-0.39, 0.29) is 11.5 Å². The molecule has 1 aromatic carbocycles. The van der Waals surface area contributed by atoms with Crippen molar-refractivity contribution in [1.29, 1.82) is 0 Å². The highest BCUT2D eigenvalue weighted by molar-refractivity contribution is 5.94. The largest absolute Gasteiger partial charge is 0.349 e. The van der Waals surface area contributed by atoms with Gasteiger partial charge >= 0.3 is 0 Å². The number of hydrogen-bond acceptors (Lipinski definition) is 3. The third-order valence-corrected chi connectivity index (χ3v) is 6.79. The molecule has 1 N–H and O–H groups in total.